The highest BCUT2D eigenvalue weighted by atomic mass is 32.2. The molecule has 0 aliphatic rings. The molecule has 1 aromatic heterocycles. The second-order valence-corrected chi connectivity index (χ2v) is 4.64. The first-order valence-corrected chi connectivity index (χ1v) is 6.56. The summed E-state index contributed by atoms with van der Waals surface area (Å²) >= 11 is 1.44. The van der Waals surface area contributed by atoms with Gasteiger partial charge >= 0.3 is 5.97 Å². The summed E-state index contributed by atoms with van der Waals surface area (Å²) in [5, 5.41) is 0.653. The number of thioether (sulfide) groups is 1. The Kier molecular flexibility index (Phi) is 4.35. The standard InChI is InChI=1S/C13H13N3O2S/c1-18-12(17)11-9(4-2-5-10(11)14)8-19-13-15-6-3-7-16-13/h2-7H,8,14H2,1H3. The third-order valence-electron chi connectivity index (χ3n) is 2.47. The Morgan fingerprint density at radius 3 is 2.74 bits per heavy atom. The normalized spacial score (nSPS) is 10.2. The van der Waals surface area contributed by atoms with Gasteiger partial charge in [0, 0.05) is 23.8 Å². The molecule has 0 radical (unpaired) electrons. The lowest BCUT2D eigenvalue weighted by Gasteiger charge is -2.09. The Labute approximate surface area is 115 Å². The van der Waals surface area contributed by atoms with Gasteiger partial charge in [-0.15, -0.1) is 0 Å². The molecule has 0 aliphatic heterocycles. The number of ether oxygens (including phenoxy) is 1. The van der Waals surface area contributed by atoms with Crippen LogP contribution in [0.2, 0.25) is 0 Å². The van der Waals surface area contributed by atoms with E-state index < -0.39 is 5.97 Å². The molecule has 0 fully saturated rings. The summed E-state index contributed by atoms with van der Waals surface area (Å²) in [7, 11) is 1.34. The van der Waals surface area contributed by atoms with Crippen molar-refractivity contribution in [3.05, 3.63) is 47.8 Å². The number of esters is 1. The lowest BCUT2D eigenvalue weighted by atomic mass is 10.1. The van der Waals surface area contributed by atoms with Crippen molar-refractivity contribution in [2.75, 3.05) is 12.8 Å². The van der Waals surface area contributed by atoms with Gasteiger partial charge in [-0.1, -0.05) is 23.9 Å². The topological polar surface area (TPSA) is 78.1 Å². The number of nitrogens with zero attached hydrogens (tertiary/aromatic N) is 2. The van der Waals surface area contributed by atoms with Gasteiger partial charge in [0.1, 0.15) is 0 Å². The molecule has 5 nitrogen and oxygen atoms in total. The Morgan fingerprint density at radius 1 is 1.32 bits per heavy atom. The van der Waals surface area contributed by atoms with Gasteiger partial charge < -0.3 is 10.5 Å². The fraction of sp³-hybridized carbons (Fsp3) is 0.154. The quantitative estimate of drug-likeness (QED) is 0.398. The summed E-state index contributed by atoms with van der Waals surface area (Å²) in [6.45, 7) is 0. The largest absolute Gasteiger partial charge is 0.465 e. The molecule has 0 saturated carbocycles. The first kappa shape index (κ1) is 13.4. The zero-order valence-corrected chi connectivity index (χ0v) is 11.2. The van der Waals surface area contributed by atoms with Gasteiger partial charge in [0.05, 0.1) is 12.7 Å². The number of benzene rings is 1. The van der Waals surface area contributed by atoms with Crippen molar-refractivity contribution in [2.24, 2.45) is 0 Å². The molecule has 19 heavy (non-hydrogen) atoms. The van der Waals surface area contributed by atoms with Gasteiger partial charge in [-0.2, -0.15) is 0 Å². The monoisotopic (exact) mass is 275 g/mol. The molecule has 0 atom stereocenters. The lowest BCUT2D eigenvalue weighted by molar-refractivity contribution is 0.0601. The van der Waals surface area contributed by atoms with Crippen LogP contribution in [-0.4, -0.2) is 23.0 Å². The van der Waals surface area contributed by atoms with Crippen LogP contribution < -0.4 is 5.73 Å². The van der Waals surface area contributed by atoms with Crippen molar-refractivity contribution in [3.63, 3.8) is 0 Å². The van der Waals surface area contributed by atoms with Gasteiger partial charge in [-0.25, -0.2) is 14.8 Å². The van der Waals surface area contributed by atoms with E-state index >= 15 is 0 Å². The summed E-state index contributed by atoms with van der Waals surface area (Å²) in [5.74, 6) is 0.127. The third kappa shape index (κ3) is 3.23. The first-order valence-electron chi connectivity index (χ1n) is 5.58. The van der Waals surface area contributed by atoms with Gasteiger partial charge in [-0.05, 0) is 17.7 Å². The summed E-state index contributed by atoms with van der Waals surface area (Å²) < 4.78 is 4.75. The number of carbonyl (C=O) groups excluding carboxylic acids is 1. The van der Waals surface area contributed by atoms with Crippen LogP contribution >= 0.6 is 11.8 Å². The summed E-state index contributed by atoms with van der Waals surface area (Å²) in [5.41, 5.74) is 7.46. The summed E-state index contributed by atoms with van der Waals surface area (Å²) in [6.07, 6.45) is 3.35. The van der Waals surface area contributed by atoms with Crippen LogP contribution in [-0.2, 0) is 10.5 Å². The van der Waals surface area contributed by atoms with Crippen LogP contribution in [0.3, 0.4) is 0 Å². The fourth-order valence-corrected chi connectivity index (χ4v) is 2.39. The third-order valence-corrected chi connectivity index (χ3v) is 3.40. The summed E-state index contributed by atoms with van der Waals surface area (Å²) in [4.78, 5) is 20.0. The highest BCUT2D eigenvalue weighted by Crippen LogP contribution is 2.25. The molecule has 0 spiro atoms. The van der Waals surface area contributed by atoms with Crippen LogP contribution in [0.1, 0.15) is 15.9 Å². The van der Waals surface area contributed by atoms with E-state index in [0.717, 1.165) is 5.56 Å². The van der Waals surface area contributed by atoms with Crippen LogP contribution in [0, 0.1) is 0 Å². The minimum atomic E-state index is -0.428. The van der Waals surface area contributed by atoms with Crippen molar-refractivity contribution >= 4 is 23.4 Å². The zero-order chi connectivity index (χ0) is 13.7. The highest BCUT2D eigenvalue weighted by molar-refractivity contribution is 7.98. The van der Waals surface area contributed by atoms with Crippen LogP contribution in [0.15, 0.2) is 41.8 Å². The van der Waals surface area contributed by atoms with Crippen molar-refractivity contribution in [3.8, 4) is 0 Å². The van der Waals surface area contributed by atoms with E-state index in [1.165, 1.54) is 18.9 Å². The number of aromatic nitrogens is 2. The van der Waals surface area contributed by atoms with Gasteiger partial charge in [0.25, 0.3) is 0 Å². The SMILES string of the molecule is COC(=O)c1c(N)cccc1CSc1ncccn1. The Bertz CT molecular complexity index is 575. The Balaban J connectivity index is 2.21. The predicted octanol–water partition coefficient (Wildman–Crippen LogP) is 2.14. The maximum absolute atomic E-state index is 11.7. The molecule has 1 aromatic carbocycles. The van der Waals surface area contributed by atoms with Crippen molar-refractivity contribution in [2.45, 2.75) is 10.9 Å². The van der Waals surface area contributed by atoms with E-state index in [2.05, 4.69) is 9.97 Å². The molecule has 2 N–H and O–H groups in total. The van der Waals surface area contributed by atoms with Crippen molar-refractivity contribution in [1.29, 1.82) is 0 Å². The molecular formula is C13H13N3O2S. The molecule has 0 bridgehead atoms. The van der Waals surface area contributed by atoms with E-state index in [-0.39, 0.29) is 0 Å². The number of rotatable bonds is 4. The molecular weight excluding hydrogens is 262 g/mol. The second kappa shape index (κ2) is 6.19. The minimum absolute atomic E-state index is 0.411. The second-order valence-electron chi connectivity index (χ2n) is 3.69. The van der Waals surface area contributed by atoms with E-state index in [0.29, 0.717) is 22.2 Å². The van der Waals surface area contributed by atoms with Gasteiger partial charge in [-0.3, -0.25) is 0 Å². The van der Waals surface area contributed by atoms with Gasteiger partial charge in [0.15, 0.2) is 5.16 Å². The average Bonchev–Trinajstić information content (AvgIpc) is 2.45. The highest BCUT2D eigenvalue weighted by Gasteiger charge is 2.15. The maximum atomic E-state index is 11.7. The van der Waals surface area contributed by atoms with Crippen LogP contribution in [0.4, 0.5) is 5.69 Å². The van der Waals surface area contributed by atoms with Crippen LogP contribution in [0.5, 0.6) is 0 Å². The molecule has 0 saturated heterocycles. The number of carbonyl (C=O) groups is 1. The maximum Gasteiger partial charge on any atom is 0.340 e. The number of hydrogen-bond donors (Lipinski definition) is 1. The molecule has 0 amide bonds. The molecule has 2 rings (SSSR count). The molecule has 1 heterocycles. The molecule has 2 aromatic rings. The first-order chi connectivity index (χ1) is 9.22. The van der Waals surface area contributed by atoms with E-state index in [9.17, 15) is 4.79 Å². The number of anilines is 1. The fourth-order valence-electron chi connectivity index (χ4n) is 1.59. The number of nitrogens with two attached hydrogens (primary N) is 1. The Morgan fingerprint density at radius 2 is 2.05 bits per heavy atom. The minimum Gasteiger partial charge on any atom is -0.465 e. The number of nitrogen functional groups attached to an aromatic ring is 1. The summed E-state index contributed by atoms with van der Waals surface area (Å²) in [6, 6.07) is 7.09. The molecule has 98 valence electrons. The smallest absolute Gasteiger partial charge is 0.340 e. The van der Waals surface area contributed by atoms with E-state index in [1.807, 2.05) is 12.1 Å². The number of hydrogen-bond acceptors (Lipinski definition) is 6. The predicted molar refractivity (Wildman–Crippen MR) is 73.8 cm³/mol. The van der Waals surface area contributed by atoms with E-state index in [4.69, 9.17) is 10.5 Å². The molecule has 0 aliphatic carbocycles. The van der Waals surface area contributed by atoms with Crippen molar-refractivity contribution < 1.29 is 9.53 Å². The molecule has 0 unspecified atom stereocenters. The van der Waals surface area contributed by atoms with Crippen molar-refractivity contribution in [1.82, 2.24) is 9.97 Å². The van der Waals surface area contributed by atoms with Crippen LogP contribution in [0.25, 0.3) is 0 Å². The number of methoxy groups -OCH3 is 1. The Hall–Kier alpha value is -2.08. The molecule has 6 heteroatoms. The average molecular weight is 275 g/mol. The lowest BCUT2D eigenvalue weighted by Crippen LogP contribution is -2.09. The zero-order valence-electron chi connectivity index (χ0n) is 10.4. The van der Waals surface area contributed by atoms with E-state index in [1.54, 1.807) is 24.5 Å². The van der Waals surface area contributed by atoms with Gasteiger partial charge in [0.2, 0.25) is 0 Å².